The molecule has 0 atom stereocenters. The molecule has 0 fully saturated rings. The molecule has 0 aliphatic carbocycles. The van der Waals surface area contributed by atoms with Gasteiger partial charge in [0.15, 0.2) is 5.82 Å². The van der Waals surface area contributed by atoms with Crippen LogP contribution >= 0.6 is 0 Å². The predicted octanol–water partition coefficient (Wildman–Crippen LogP) is 0.319. The molecule has 0 aliphatic rings. The lowest BCUT2D eigenvalue weighted by molar-refractivity contribution is 0.452. The first kappa shape index (κ1) is 4.96. The molecule has 4 nitrogen and oxygen atoms in total. The van der Waals surface area contributed by atoms with Gasteiger partial charge in [0.1, 0.15) is 0 Å². The molecule has 0 amide bonds. The number of aromatic amines is 1. The summed E-state index contributed by atoms with van der Waals surface area (Å²) in [5.74, 6) is 0.568. The van der Waals surface area contributed by atoms with Gasteiger partial charge in [0.05, 0.1) is 0 Å². The van der Waals surface area contributed by atoms with Crippen LogP contribution in [0.5, 0.6) is 5.88 Å². The molecule has 0 aliphatic heterocycles. The van der Waals surface area contributed by atoms with Crippen molar-refractivity contribution in [3.8, 4) is 5.88 Å². The zero-order valence-electron chi connectivity index (χ0n) is 4.18. The van der Waals surface area contributed by atoms with Crippen molar-refractivity contribution in [2.45, 2.75) is 0 Å². The van der Waals surface area contributed by atoms with Crippen molar-refractivity contribution in [1.82, 2.24) is 10.2 Å². The summed E-state index contributed by atoms with van der Waals surface area (Å²) in [6, 6.07) is 1.44. The van der Waals surface area contributed by atoms with Crippen molar-refractivity contribution >= 4 is 5.82 Å². The molecular formula is C4H6N3O. The first-order valence-corrected chi connectivity index (χ1v) is 2.10. The van der Waals surface area contributed by atoms with Gasteiger partial charge < -0.3 is 10.4 Å². The van der Waals surface area contributed by atoms with Crippen molar-refractivity contribution in [2.24, 2.45) is 0 Å². The van der Waals surface area contributed by atoms with Gasteiger partial charge in [0, 0.05) is 13.1 Å². The Morgan fingerprint density at radius 2 is 2.62 bits per heavy atom. The summed E-state index contributed by atoms with van der Waals surface area (Å²) in [6.07, 6.45) is 0. The van der Waals surface area contributed by atoms with Crippen molar-refractivity contribution in [3.63, 3.8) is 0 Å². The zero-order chi connectivity index (χ0) is 5.98. The van der Waals surface area contributed by atoms with E-state index in [1.165, 1.54) is 6.07 Å². The lowest BCUT2D eigenvalue weighted by Gasteiger charge is -1.83. The van der Waals surface area contributed by atoms with Crippen molar-refractivity contribution < 1.29 is 5.11 Å². The van der Waals surface area contributed by atoms with Crippen molar-refractivity contribution in [3.05, 3.63) is 13.1 Å². The maximum absolute atomic E-state index is 8.60. The summed E-state index contributed by atoms with van der Waals surface area (Å²) in [4.78, 5) is 0. The fraction of sp³-hybridized carbons (Fsp3) is 0. The highest BCUT2D eigenvalue weighted by Crippen LogP contribution is 2.08. The molecule has 1 aromatic heterocycles. The van der Waals surface area contributed by atoms with Gasteiger partial charge in [-0.3, -0.25) is 0 Å². The summed E-state index contributed by atoms with van der Waals surface area (Å²) >= 11 is 0. The Morgan fingerprint density at radius 1 is 1.88 bits per heavy atom. The minimum atomic E-state index is 0.0381. The number of aromatic nitrogens is 2. The zero-order valence-corrected chi connectivity index (χ0v) is 4.18. The number of H-pyrrole nitrogens is 1. The summed E-state index contributed by atoms with van der Waals surface area (Å²) < 4.78 is 0. The largest absolute Gasteiger partial charge is 0.494 e. The van der Waals surface area contributed by atoms with Crippen LogP contribution in [-0.2, 0) is 0 Å². The molecule has 0 spiro atoms. The lowest BCUT2D eigenvalue weighted by Crippen LogP contribution is -1.81. The van der Waals surface area contributed by atoms with Crippen LogP contribution in [0.15, 0.2) is 6.07 Å². The van der Waals surface area contributed by atoms with Crippen LogP contribution in [-0.4, -0.2) is 15.3 Å². The molecule has 1 heterocycles. The summed E-state index contributed by atoms with van der Waals surface area (Å²) in [6.45, 7) is 0. The molecule has 3 N–H and O–H groups in total. The highest BCUT2D eigenvalue weighted by atomic mass is 16.3. The fourth-order valence-corrected chi connectivity index (χ4v) is 0.402. The van der Waals surface area contributed by atoms with E-state index in [-0.39, 0.29) is 5.88 Å². The van der Waals surface area contributed by atoms with Crippen molar-refractivity contribution in [1.29, 1.82) is 0 Å². The van der Waals surface area contributed by atoms with E-state index in [4.69, 9.17) is 5.11 Å². The molecule has 0 aromatic carbocycles. The normalized spacial score (nSPS) is 9.12. The molecule has 1 rings (SSSR count). The Labute approximate surface area is 46.5 Å². The Hall–Kier alpha value is -1.19. The Morgan fingerprint density at radius 3 is 2.88 bits per heavy atom. The van der Waals surface area contributed by atoms with E-state index in [9.17, 15) is 0 Å². The number of anilines is 1. The quantitative estimate of drug-likeness (QED) is 0.490. The second-order valence-corrected chi connectivity index (χ2v) is 1.32. The van der Waals surface area contributed by atoms with Gasteiger partial charge in [-0.2, -0.15) is 5.10 Å². The van der Waals surface area contributed by atoms with Gasteiger partial charge >= 0.3 is 0 Å². The van der Waals surface area contributed by atoms with Gasteiger partial charge in [-0.25, -0.2) is 5.10 Å². The first-order chi connectivity index (χ1) is 3.83. The van der Waals surface area contributed by atoms with Crippen LogP contribution in [0.25, 0.3) is 0 Å². The van der Waals surface area contributed by atoms with Gasteiger partial charge in [-0.15, -0.1) is 0 Å². The van der Waals surface area contributed by atoms with Gasteiger partial charge in [0.25, 0.3) is 0 Å². The first-order valence-electron chi connectivity index (χ1n) is 2.10. The number of hydrogen-bond donors (Lipinski definition) is 3. The second-order valence-electron chi connectivity index (χ2n) is 1.32. The maximum Gasteiger partial charge on any atom is 0.208 e. The monoisotopic (exact) mass is 112 g/mol. The summed E-state index contributed by atoms with van der Waals surface area (Å²) in [7, 11) is 3.33. The molecule has 1 aromatic rings. The third-order valence-electron chi connectivity index (χ3n) is 0.745. The number of aromatic hydroxyl groups is 1. The third kappa shape index (κ3) is 0.726. The van der Waals surface area contributed by atoms with Crippen molar-refractivity contribution in [2.75, 3.05) is 5.32 Å². The minimum Gasteiger partial charge on any atom is -0.494 e. The topological polar surface area (TPSA) is 60.9 Å². The number of hydrogen-bond acceptors (Lipinski definition) is 3. The van der Waals surface area contributed by atoms with E-state index in [0.717, 1.165) is 0 Å². The van der Waals surface area contributed by atoms with Gasteiger partial charge in [0.2, 0.25) is 5.88 Å². The van der Waals surface area contributed by atoms with Crippen LogP contribution in [0, 0.1) is 7.05 Å². The molecule has 8 heavy (non-hydrogen) atoms. The van der Waals surface area contributed by atoms with Gasteiger partial charge in [-0.1, -0.05) is 0 Å². The smallest absolute Gasteiger partial charge is 0.208 e. The molecule has 4 heteroatoms. The average molecular weight is 112 g/mol. The standard InChI is InChI=1S/C4H6N3O/c1-5-3-2-4(8)7-6-3/h2H,1H2,(H3,5,6,7,8). The molecule has 0 bridgehead atoms. The van der Waals surface area contributed by atoms with E-state index in [1.54, 1.807) is 0 Å². The Bertz CT molecular complexity index is 172. The average Bonchev–Trinajstić information content (AvgIpc) is 2.14. The van der Waals surface area contributed by atoms with Crippen LogP contribution in [0.2, 0.25) is 0 Å². The minimum absolute atomic E-state index is 0.0381. The highest BCUT2D eigenvalue weighted by molar-refractivity contribution is 5.36. The van der Waals surface area contributed by atoms with Crippen LogP contribution in [0.3, 0.4) is 0 Å². The molecule has 0 saturated heterocycles. The molecule has 43 valence electrons. The molecule has 0 saturated carbocycles. The second kappa shape index (κ2) is 1.73. The molecule has 1 radical (unpaired) electrons. The van der Waals surface area contributed by atoms with Gasteiger partial charge in [-0.05, 0) is 0 Å². The third-order valence-corrected chi connectivity index (χ3v) is 0.745. The maximum atomic E-state index is 8.60. The van der Waals surface area contributed by atoms with E-state index in [1.807, 2.05) is 0 Å². The van der Waals surface area contributed by atoms with Crippen LogP contribution in [0.4, 0.5) is 5.82 Å². The highest BCUT2D eigenvalue weighted by Gasteiger charge is 1.91. The van der Waals surface area contributed by atoms with Crippen LogP contribution in [0.1, 0.15) is 0 Å². The number of nitrogens with one attached hydrogen (secondary N) is 2. The van der Waals surface area contributed by atoms with E-state index in [2.05, 4.69) is 22.6 Å². The lowest BCUT2D eigenvalue weighted by atomic mass is 10.6. The molecular weight excluding hydrogens is 106 g/mol. The fourth-order valence-electron chi connectivity index (χ4n) is 0.402. The van der Waals surface area contributed by atoms with E-state index < -0.39 is 0 Å². The SMILES string of the molecule is [CH2]Nc1cc(O)[nH]n1. The summed E-state index contributed by atoms with van der Waals surface area (Å²) in [5.41, 5.74) is 0. The van der Waals surface area contributed by atoms with E-state index in [0.29, 0.717) is 5.82 Å². The number of rotatable bonds is 1. The van der Waals surface area contributed by atoms with E-state index >= 15 is 0 Å². The Kier molecular flexibility index (Phi) is 1.07. The Balaban J connectivity index is 2.84. The van der Waals surface area contributed by atoms with Crippen LogP contribution < -0.4 is 5.32 Å². The molecule has 0 unspecified atom stereocenters. The predicted molar refractivity (Wildman–Crippen MR) is 29.2 cm³/mol. The summed E-state index contributed by atoms with van der Waals surface area (Å²) in [5, 5.41) is 17.0. The number of nitrogens with zero attached hydrogens (tertiary/aromatic N) is 1.